The molecular weight excluding hydrogens is 412 g/mol. The topological polar surface area (TPSA) is 93.0 Å². The van der Waals surface area contributed by atoms with E-state index in [4.69, 9.17) is 0 Å². The van der Waals surface area contributed by atoms with Gasteiger partial charge in [0.1, 0.15) is 5.03 Å². The quantitative estimate of drug-likeness (QED) is 0.570. The van der Waals surface area contributed by atoms with Gasteiger partial charge in [0.15, 0.2) is 5.82 Å². The third-order valence-electron chi connectivity index (χ3n) is 4.97. The fraction of sp³-hybridized carbons (Fsp3) is 0.318. The Morgan fingerprint density at radius 3 is 2.55 bits per heavy atom. The van der Waals surface area contributed by atoms with Crippen LogP contribution in [0.4, 0.5) is 11.4 Å². The molecule has 2 aromatic heterocycles. The number of anilines is 2. The zero-order valence-corrected chi connectivity index (χ0v) is 18.4. The summed E-state index contributed by atoms with van der Waals surface area (Å²) in [5, 5.41) is 16.5. The second-order valence-corrected chi connectivity index (χ2v) is 8.53. The van der Waals surface area contributed by atoms with Gasteiger partial charge in [-0.15, -0.1) is 22.0 Å². The molecule has 8 nitrogen and oxygen atoms in total. The average molecular weight is 437 g/mol. The summed E-state index contributed by atoms with van der Waals surface area (Å²) in [7, 11) is 0. The first-order valence-corrected chi connectivity index (χ1v) is 11.2. The molecule has 0 bridgehead atoms. The van der Waals surface area contributed by atoms with Crippen LogP contribution in [0.25, 0.3) is 5.82 Å². The monoisotopic (exact) mass is 436 g/mol. The Balaban J connectivity index is 1.25. The molecule has 1 aromatic carbocycles. The summed E-state index contributed by atoms with van der Waals surface area (Å²) in [4.78, 5) is 25.8. The van der Waals surface area contributed by atoms with E-state index in [1.54, 1.807) is 9.58 Å². The number of carbonyl (C=O) groups is 2. The van der Waals surface area contributed by atoms with Crippen molar-refractivity contribution in [1.29, 1.82) is 0 Å². The summed E-state index contributed by atoms with van der Waals surface area (Å²) >= 11 is 1.48. The second-order valence-electron chi connectivity index (χ2n) is 7.41. The number of hydrogen-bond acceptors (Lipinski definition) is 6. The van der Waals surface area contributed by atoms with Crippen molar-refractivity contribution in [2.24, 2.45) is 0 Å². The molecule has 0 atom stereocenters. The molecule has 1 fully saturated rings. The van der Waals surface area contributed by atoms with Crippen LogP contribution in [0.5, 0.6) is 0 Å². The third kappa shape index (κ3) is 5.11. The minimum atomic E-state index is -0.0651. The highest BCUT2D eigenvalue weighted by Crippen LogP contribution is 2.23. The Morgan fingerprint density at radius 1 is 1.13 bits per heavy atom. The van der Waals surface area contributed by atoms with E-state index < -0.39 is 0 Å². The van der Waals surface area contributed by atoms with Gasteiger partial charge in [0.05, 0.1) is 5.69 Å². The average Bonchev–Trinajstić information content (AvgIpc) is 3.33. The fourth-order valence-corrected chi connectivity index (χ4v) is 4.24. The maximum Gasteiger partial charge on any atom is 0.227 e. The Kier molecular flexibility index (Phi) is 6.31. The van der Waals surface area contributed by atoms with E-state index in [1.165, 1.54) is 11.8 Å². The van der Waals surface area contributed by atoms with Crippen LogP contribution in [0.1, 0.15) is 30.7 Å². The Morgan fingerprint density at radius 2 is 1.94 bits per heavy atom. The van der Waals surface area contributed by atoms with Crippen molar-refractivity contribution in [2.75, 3.05) is 22.5 Å². The maximum atomic E-state index is 12.2. The normalized spacial score (nSPS) is 13.6. The van der Waals surface area contributed by atoms with Gasteiger partial charge in [-0.1, -0.05) is 0 Å². The molecule has 3 aromatic rings. The Hall–Kier alpha value is -3.20. The molecular formula is C22H24N6O2S. The van der Waals surface area contributed by atoms with E-state index in [0.717, 1.165) is 40.8 Å². The van der Waals surface area contributed by atoms with E-state index in [2.05, 4.69) is 20.6 Å². The van der Waals surface area contributed by atoms with Crippen LogP contribution in [0.3, 0.4) is 0 Å². The van der Waals surface area contributed by atoms with Crippen LogP contribution in [-0.4, -0.2) is 44.1 Å². The van der Waals surface area contributed by atoms with Gasteiger partial charge in [-0.3, -0.25) is 9.59 Å². The van der Waals surface area contributed by atoms with Crippen LogP contribution < -0.4 is 10.2 Å². The molecule has 0 aliphatic carbocycles. The van der Waals surface area contributed by atoms with Gasteiger partial charge < -0.3 is 10.2 Å². The Bertz CT molecular complexity index is 1080. The molecule has 1 aliphatic rings. The lowest BCUT2D eigenvalue weighted by Gasteiger charge is -2.16. The van der Waals surface area contributed by atoms with Gasteiger partial charge in [0.2, 0.25) is 11.8 Å². The van der Waals surface area contributed by atoms with Crippen molar-refractivity contribution in [3.63, 3.8) is 0 Å². The molecule has 31 heavy (non-hydrogen) atoms. The van der Waals surface area contributed by atoms with E-state index in [-0.39, 0.29) is 11.8 Å². The maximum absolute atomic E-state index is 12.2. The number of nitrogens with one attached hydrogen (secondary N) is 1. The molecule has 0 unspecified atom stereocenters. The standard InChI is InChI=1S/C22H24N6O2S/c1-15-14-16(2)28(26-15)19-9-10-21(25-24-19)31-13-11-20(29)23-17-5-7-18(8-6-17)27-12-3-4-22(27)30/h5-10,14H,3-4,11-13H2,1-2H3,(H,23,29). The van der Waals surface area contributed by atoms with Gasteiger partial charge in [-0.05, 0) is 62.7 Å². The van der Waals surface area contributed by atoms with E-state index in [9.17, 15) is 9.59 Å². The molecule has 1 N–H and O–H groups in total. The number of aryl methyl sites for hydroxylation is 2. The van der Waals surface area contributed by atoms with Crippen LogP contribution in [0.15, 0.2) is 47.5 Å². The summed E-state index contributed by atoms with van der Waals surface area (Å²) in [6, 6.07) is 13.1. The van der Waals surface area contributed by atoms with Gasteiger partial charge in [-0.25, -0.2) is 4.68 Å². The van der Waals surface area contributed by atoms with Crippen molar-refractivity contribution in [1.82, 2.24) is 20.0 Å². The van der Waals surface area contributed by atoms with Crippen molar-refractivity contribution < 1.29 is 9.59 Å². The van der Waals surface area contributed by atoms with E-state index in [0.29, 0.717) is 24.4 Å². The lowest BCUT2D eigenvalue weighted by Crippen LogP contribution is -2.23. The molecule has 2 amide bonds. The Labute approximate surface area is 185 Å². The van der Waals surface area contributed by atoms with Crippen LogP contribution in [0.2, 0.25) is 0 Å². The summed E-state index contributed by atoms with van der Waals surface area (Å²) in [6.45, 7) is 4.67. The number of rotatable bonds is 7. The van der Waals surface area contributed by atoms with Crippen LogP contribution in [-0.2, 0) is 9.59 Å². The summed E-state index contributed by atoms with van der Waals surface area (Å²) < 4.78 is 1.76. The van der Waals surface area contributed by atoms with Gasteiger partial charge >= 0.3 is 0 Å². The zero-order chi connectivity index (χ0) is 21.8. The number of hydrogen-bond donors (Lipinski definition) is 1. The first-order chi connectivity index (χ1) is 15.0. The number of amides is 2. The third-order valence-corrected chi connectivity index (χ3v) is 5.89. The largest absolute Gasteiger partial charge is 0.326 e. The smallest absolute Gasteiger partial charge is 0.227 e. The predicted octanol–water partition coefficient (Wildman–Crippen LogP) is 3.53. The molecule has 9 heteroatoms. The number of carbonyl (C=O) groups excluding carboxylic acids is 2. The highest BCUT2D eigenvalue weighted by molar-refractivity contribution is 7.99. The fourth-order valence-electron chi connectivity index (χ4n) is 3.48. The van der Waals surface area contributed by atoms with Gasteiger partial charge in [-0.2, -0.15) is 5.10 Å². The lowest BCUT2D eigenvalue weighted by molar-refractivity contribution is -0.117. The molecule has 0 saturated carbocycles. The molecule has 0 radical (unpaired) electrons. The van der Waals surface area contributed by atoms with Crippen molar-refractivity contribution in [3.8, 4) is 5.82 Å². The molecule has 1 aliphatic heterocycles. The van der Waals surface area contributed by atoms with E-state index in [1.807, 2.05) is 56.3 Å². The molecule has 0 spiro atoms. The summed E-state index contributed by atoms with van der Waals surface area (Å²) in [5.41, 5.74) is 3.53. The first kappa shape index (κ1) is 21.0. The number of aromatic nitrogens is 4. The lowest BCUT2D eigenvalue weighted by atomic mass is 10.2. The highest BCUT2D eigenvalue weighted by atomic mass is 32.2. The molecule has 3 heterocycles. The van der Waals surface area contributed by atoms with Gasteiger partial charge in [0, 0.05) is 42.2 Å². The van der Waals surface area contributed by atoms with Crippen LogP contribution in [0, 0.1) is 13.8 Å². The summed E-state index contributed by atoms with van der Waals surface area (Å²) in [5.74, 6) is 1.36. The number of benzene rings is 1. The minimum Gasteiger partial charge on any atom is -0.326 e. The van der Waals surface area contributed by atoms with Crippen molar-refractivity contribution in [2.45, 2.75) is 38.1 Å². The molecule has 160 valence electrons. The summed E-state index contributed by atoms with van der Waals surface area (Å²) in [6.07, 6.45) is 1.86. The molecule has 1 saturated heterocycles. The van der Waals surface area contributed by atoms with Crippen LogP contribution >= 0.6 is 11.8 Å². The first-order valence-electron chi connectivity index (χ1n) is 10.2. The van der Waals surface area contributed by atoms with Crippen molar-refractivity contribution in [3.05, 3.63) is 53.9 Å². The number of thioether (sulfide) groups is 1. The zero-order valence-electron chi connectivity index (χ0n) is 17.5. The second kappa shape index (κ2) is 9.30. The predicted molar refractivity (Wildman–Crippen MR) is 121 cm³/mol. The number of nitrogens with zero attached hydrogens (tertiary/aromatic N) is 5. The SMILES string of the molecule is Cc1cc(C)n(-c2ccc(SCCC(=O)Nc3ccc(N4CCCC4=O)cc3)nn2)n1. The highest BCUT2D eigenvalue weighted by Gasteiger charge is 2.21. The minimum absolute atomic E-state index is 0.0651. The molecule has 4 rings (SSSR count). The van der Waals surface area contributed by atoms with Crippen molar-refractivity contribution >= 4 is 35.0 Å². The van der Waals surface area contributed by atoms with Gasteiger partial charge in [0.25, 0.3) is 0 Å². The van der Waals surface area contributed by atoms with E-state index >= 15 is 0 Å².